The van der Waals surface area contributed by atoms with Gasteiger partial charge in [-0.05, 0) is 17.2 Å². The van der Waals surface area contributed by atoms with Gasteiger partial charge < -0.3 is 15.2 Å². The van der Waals surface area contributed by atoms with Crippen LogP contribution in [0.3, 0.4) is 0 Å². The fourth-order valence-electron chi connectivity index (χ4n) is 2.50. The molecule has 144 valence electrons. The molecule has 0 bridgehead atoms. The molecule has 0 heterocycles. The molecule has 2 rings (SSSR count). The van der Waals surface area contributed by atoms with E-state index in [9.17, 15) is 27.9 Å². The molecule has 5 nitrogen and oxygen atoms in total. The number of ether oxygens (including phenoxy) is 1. The fourth-order valence-corrected chi connectivity index (χ4v) is 2.50. The second-order valence-corrected chi connectivity index (χ2v) is 5.80. The van der Waals surface area contributed by atoms with Crippen molar-refractivity contribution in [1.82, 2.24) is 5.32 Å². The molecular weight excluding hydrogens is 363 g/mol. The first-order valence-corrected chi connectivity index (χ1v) is 7.98. The third kappa shape index (κ3) is 5.55. The summed E-state index contributed by atoms with van der Waals surface area (Å²) in [6.07, 6.45) is -6.28. The lowest BCUT2D eigenvalue weighted by atomic mass is 10.0. The summed E-state index contributed by atoms with van der Waals surface area (Å²) in [4.78, 5) is 24.2. The van der Waals surface area contributed by atoms with Crippen molar-refractivity contribution in [1.29, 1.82) is 0 Å². The molecule has 8 heteroatoms. The van der Waals surface area contributed by atoms with Crippen molar-refractivity contribution in [2.75, 3.05) is 7.11 Å². The number of rotatable bonds is 6. The minimum absolute atomic E-state index is 0.125. The standard InChI is InChI=1S/C19H18F3NO4/c1-27-18(26)16(17(25)13-7-3-2-4-8-13)23-15(24)11-12-6-5-9-14(10-12)19(20,21)22/h2-10,16-17,25H,11H2,1H3,(H,23,24). The highest BCUT2D eigenvalue weighted by Crippen LogP contribution is 2.29. The Labute approximate surface area is 153 Å². The van der Waals surface area contributed by atoms with E-state index in [1.54, 1.807) is 30.3 Å². The number of aliphatic hydroxyl groups is 1. The maximum absolute atomic E-state index is 12.8. The lowest BCUT2D eigenvalue weighted by Gasteiger charge is -2.22. The molecule has 0 aliphatic rings. The van der Waals surface area contributed by atoms with E-state index < -0.39 is 35.8 Å². The van der Waals surface area contributed by atoms with Gasteiger partial charge in [-0.3, -0.25) is 4.79 Å². The van der Waals surface area contributed by atoms with Crippen molar-refractivity contribution in [3.63, 3.8) is 0 Å². The first-order valence-electron chi connectivity index (χ1n) is 7.98. The predicted octanol–water partition coefficient (Wildman–Crippen LogP) is 2.64. The molecule has 2 aromatic carbocycles. The number of carbonyl (C=O) groups is 2. The van der Waals surface area contributed by atoms with Gasteiger partial charge in [0.1, 0.15) is 6.10 Å². The van der Waals surface area contributed by atoms with Gasteiger partial charge in [-0.1, -0.05) is 48.5 Å². The Bertz CT molecular complexity index is 793. The zero-order valence-electron chi connectivity index (χ0n) is 14.4. The summed E-state index contributed by atoms with van der Waals surface area (Å²) < 4.78 is 42.9. The first-order chi connectivity index (χ1) is 12.7. The Morgan fingerprint density at radius 2 is 1.78 bits per heavy atom. The van der Waals surface area contributed by atoms with Crippen LogP contribution in [0.2, 0.25) is 0 Å². The van der Waals surface area contributed by atoms with E-state index in [2.05, 4.69) is 10.1 Å². The Balaban J connectivity index is 2.14. The Morgan fingerprint density at radius 1 is 1.11 bits per heavy atom. The number of aliphatic hydroxyl groups excluding tert-OH is 1. The topological polar surface area (TPSA) is 75.6 Å². The Kier molecular flexibility index (Phi) is 6.57. The smallest absolute Gasteiger partial charge is 0.416 e. The second kappa shape index (κ2) is 8.68. The summed E-state index contributed by atoms with van der Waals surface area (Å²) in [7, 11) is 1.10. The molecule has 0 saturated heterocycles. The van der Waals surface area contributed by atoms with Crippen molar-refractivity contribution >= 4 is 11.9 Å². The maximum atomic E-state index is 12.8. The second-order valence-electron chi connectivity index (χ2n) is 5.80. The van der Waals surface area contributed by atoms with Crippen LogP contribution in [-0.4, -0.2) is 30.1 Å². The number of alkyl halides is 3. The van der Waals surface area contributed by atoms with Crippen molar-refractivity contribution in [2.24, 2.45) is 0 Å². The van der Waals surface area contributed by atoms with Gasteiger partial charge in [-0.25, -0.2) is 4.79 Å². The number of carbonyl (C=O) groups excluding carboxylic acids is 2. The van der Waals surface area contributed by atoms with Crippen LogP contribution in [0, 0.1) is 0 Å². The predicted molar refractivity (Wildman–Crippen MR) is 90.5 cm³/mol. The fraction of sp³-hybridized carbons (Fsp3) is 0.263. The zero-order valence-corrected chi connectivity index (χ0v) is 14.4. The van der Waals surface area contributed by atoms with Crippen molar-refractivity contribution < 1.29 is 32.6 Å². The van der Waals surface area contributed by atoms with Crippen LogP contribution < -0.4 is 5.32 Å². The zero-order chi connectivity index (χ0) is 20.0. The van der Waals surface area contributed by atoms with Crippen LogP contribution in [-0.2, 0) is 26.9 Å². The van der Waals surface area contributed by atoms with Crippen LogP contribution in [0.25, 0.3) is 0 Å². The van der Waals surface area contributed by atoms with Crippen LogP contribution in [0.4, 0.5) is 13.2 Å². The number of esters is 1. The normalized spacial score (nSPS) is 13.5. The SMILES string of the molecule is COC(=O)C(NC(=O)Cc1cccc(C(F)(F)F)c1)C(O)c1ccccc1. The van der Waals surface area contributed by atoms with E-state index in [4.69, 9.17) is 0 Å². The molecule has 0 aliphatic heterocycles. The molecule has 2 N–H and O–H groups in total. The number of methoxy groups -OCH3 is 1. The highest BCUT2D eigenvalue weighted by atomic mass is 19.4. The van der Waals surface area contributed by atoms with Gasteiger partial charge in [0.2, 0.25) is 5.91 Å². The molecule has 2 atom stereocenters. The Hall–Kier alpha value is -2.87. The van der Waals surface area contributed by atoms with Crippen LogP contribution in [0.15, 0.2) is 54.6 Å². The Morgan fingerprint density at radius 3 is 2.37 bits per heavy atom. The molecule has 2 unspecified atom stereocenters. The first kappa shape index (κ1) is 20.4. The summed E-state index contributed by atoms with van der Waals surface area (Å²) in [6, 6.07) is 11.1. The van der Waals surface area contributed by atoms with Crippen molar-refractivity contribution in [3.8, 4) is 0 Å². The lowest BCUT2D eigenvalue weighted by molar-refractivity contribution is -0.148. The summed E-state index contributed by atoms with van der Waals surface area (Å²) in [5, 5.41) is 12.7. The number of halogens is 3. The van der Waals surface area contributed by atoms with Crippen LogP contribution >= 0.6 is 0 Å². The van der Waals surface area contributed by atoms with E-state index in [1.165, 1.54) is 12.1 Å². The molecule has 0 spiro atoms. The van der Waals surface area contributed by atoms with Crippen LogP contribution in [0.1, 0.15) is 22.8 Å². The van der Waals surface area contributed by atoms with Crippen molar-refractivity contribution in [3.05, 3.63) is 71.3 Å². The third-order valence-electron chi connectivity index (χ3n) is 3.85. The summed E-state index contributed by atoms with van der Waals surface area (Å²) >= 11 is 0. The van der Waals surface area contributed by atoms with Gasteiger partial charge >= 0.3 is 12.1 Å². The van der Waals surface area contributed by atoms with Gasteiger partial charge in [0, 0.05) is 0 Å². The summed E-state index contributed by atoms with van der Waals surface area (Å²) in [5.74, 6) is -1.59. The number of hydrogen-bond acceptors (Lipinski definition) is 4. The molecule has 27 heavy (non-hydrogen) atoms. The molecule has 0 aromatic heterocycles. The quantitative estimate of drug-likeness (QED) is 0.755. The minimum atomic E-state index is -4.52. The number of nitrogens with one attached hydrogen (secondary N) is 1. The van der Waals surface area contributed by atoms with Gasteiger partial charge in [-0.2, -0.15) is 13.2 Å². The average molecular weight is 381 g/mol. The highest BCUT2D eigenvalue weighted by Gasteiger charge is 2.32. The van der Waals surface area contributed by atoms with E-state index in [0.717, 1.165) is 19.2 Å². The highest BCUT2D eigenvalue weighted by molar-refractivity contribution is 5.86. The van der Waals surface area contributed by atoms with Gasteiger partial charge in [0.25, 0.3) is 0 Å². The maximum Gasteiger partial charge on any atom is 0.416 e. The largest absolute Gasteiger partial charge is 0.467 e. The molecule has 2 aromatic rings. The number of amides is 1. The summed E-state index contributed by atoms with van der Waals surface area (Å²) in [5.41, 5.74) is -0.367. The van der Waals surface area contributed by atoms with Gasteiger partial charge in [0.05, 0.1) is 19.1 Å². The van der Waals surface area contributed by atoms with E-state index in [0.29, 0.717) is 5.56 Å². The van der Waals surface area contributed by atoms with Crippen molar-refractivity contribution in [2.45, 2.75) is 24.7 Å². The minimum Gasteiger partial charge on any atom is -0.467 e. The lowest BCUT2D eigenvalue weighted by Crippen LogP contribution is -2.46. The van der Waals surface area contributed by atoms with E-state index >= 15 is 0 Å². The molecule has 0 aliphatic carbocycles. The molecule has 0 radical (unpaired) electrons. The van der Waals surface area contributed by atoms with E-state index in [1.807, 2.05) is 0 Å². The third-order valence-corrected chi connectivity index (χ3v) is 3.85. The number of hydrogen-bond donors (Lipinski definition) is 2. The molecule has 0 saturated carbocycles. The van der Waals surface area contributed by atoms with Gasteiger partial charge in [-0.15, -0.1) is 0 Å². The molecular formula is C19H18F3NO4. The van der Waals surface area contributed by atoms with E-state index in [-0.39, 0.29) is 12.0 Å². The summed E-state index contributed by atoms with van der Waals surface area (Å²) in [6.45, 7) is 0. The number of benzene rings is 2. The average Bonchev–Trinajstić information content (AvgIpc) is 2.65. The monoisotopic (exact) mass is 381 g/mol. The molecule has 1 amide bonds. The van der Waals surface area contributed by atoms with Crippen LogP contribution in [0.5, 0.6) is 0 Å². The molecule has 0 fully saturated rings. The van der Waals surface area contributed by atoms with Gasteiger partial charge in [0.15, 0.2) is 6.04 Å².